The molecule has 0 amide bonds. The van der Waals surface area contributed by atoms with Crippen molar-refractivity contribution in [3.05, 3.63) is 52.3 Å². The van der Waals surface area contributed by atoms with Crippen LogP contribution in [-0.4, -0.2) is 52.5 Å². The number of carbonyl (C=O) groups is 2. The average Bonchev–Trinajstić information content (AvgIpc) is 2.69. The number of hydrogen-bond donors (Lipinski definition) is 3. The fourth-order valence-electron chi connectivity index (χ4n) is 3.63. The van der Waals surface area contributed by atoms with Crippen molar-refractivity contribution < 1.29 is 39.1 Å². The predicted molar refractivity (Wildman–Crippen MR) is 106 cm³/mol. The van der Waals surface area contributed by atoms with Gasteiger partial charge in [0.25, 0.3) is 0 Å². The summed E-state index contributed by atoms with van der Waals surface area (Å²) in [6, 6.07) is 1.18. The molecule has 3 rings (SSSR count). The molecule has 1 aliphatic heterocycles. The van der Waals surface area contributed by atoms with E-state index in [4.69, 9.17) is 14.2 Å². The molecule has 0 fully saturated rings. The predicted octanol–water partition coefficient (Wildman–Crippen LogP) is 2.45. The Morgan fingerprint density at radius 2 is 2.07 bits per heavy atom. The highest BCUT2D eigenvalue weighted by molar-refractivity contribution is 6.07. The van der Waals surface area contributed by atoms with Gasteiger partial charge >= 0.3 is 5.97 Å². The lowest BCUT2D eigenvalue weighted by molar-refractivity contribution is -0.147. The van der Waals surface area contributed by atoms with Gasteiger partial charge in [-0.1, -0.05) is 6.08 Å². The largest absolute Gasteiger partial charge is 0.504 e. The third kappa shape index (κ3) is 3.43. The van der Waals surface area contributed by atoms with Crippen LogP contribution in [0.1, 0.15) is 36.2 Å². The first-order chi connectivity index (χ1) is 14.1. The Morgan fingerprint density at radius 3 is 2.70 bits per heavy atom. The van der Waals surface area contributed by atoms with Gasteiger partial charge in [-0.2, -0.15) is 0 Å². The highest BCUT2D eigenvalue weighted by atomic mass is 16.6. The lowest BCUT2D eigenvalue weighted by atomic mass is 9.77. The third-order valence-corrected chi connectivity index (χ3v) is 5.34. The smallest absolute Gasteiger partial charge is 0.343 e. The number of esters is 1. The van der Waals surface area contributed by atoms with Gasteiger partial charge in [-0.05, 0) is 50.1 Å². The highest BCUT2D eigenvalue weighted by Gasteiger charge is 2.50. The van der Waals surface area contributed by atoms with Crippen LogP contribution in [-0.2, 0) is 14.3 Å². The number of aliphatic hydroxyl groups excluding tert-OH is 1. The Kier molecular flexibility index (Phi) is 5.63. The van der Waals surface area contributed by atoms with E-state index in [1.54, 1.807) is 18.2 Å². The number of rotatable bonds is 4. The zero-order chi connectivity index (χ0) is 22.2. The lowest BCUT2D eigenvalue weighted by Gasteiger charge is -2.39. The van der Waals surface area contributed by atoms with Gasteiger partial charge in [-0.15, -0.1) is 0 Å². The van der Waals surface area contributed by atoms with E-state index < -0.39 is 35.0 Å². The Morgan fingerprint density at radius 1 is 1.37 bits per heavy atom. The summed E-state index contributed by atoms with van der Waals surface area (Å²) < 4.78 is 16.1. The summed E-state index contributed by atoms with van der Waals surface area (Å²) in [5.41, 5.74) is -0.759. The molecule has 160 valence electrons. The molecule has 0 saturated heterocycles. The summed E-state index contributed by atoms with van der Waals surface area (Å²) in [5, 5.41) is 30.5. The summed E-state index contributed by atoms with van der Waals surface area (Å²) >= 11 is 0. The molecule has 0 saturated carbocycles. The first kappa shape index (κ1) is 21.4. The first-order valence-corrected chi connectivity index (χ1v) is 9.39. The maximum absolute atomic E-state index is 13.1. The van der Waals surface area contributed by atoms with Gasteiger partial charge in [0.05, 0.1) is 7.11 Å². The van der Waals surface area contributed by atoms with Crippen molar-refractivity contribution in [2.45, 2.75) is 38.9 Å². The van der Waals surface area contributed by atoms with E-state index in [0.29, 0.717) is 16.9 Å². The summed E-state index contributed by atoms with van der Waals surface area (Å²) in [4.78, 5) is 26.1. The lowest BCUT2D eigenvalue weighted by Crippen LogP contribution is -2.54. The van der Waals surface area contributed by atoms with Crippen LogP contribution in [0.5, 0.6) is 17.2 Å². The molecule has 1 aliphatic carbocycles. The van der Waals surface area contributed by atoms with E-state index in [1.165, 1.54) is 27.0 Å². The molecule has 0 spiro atoms. The Bertz CT molecular complexity index is 1000. The quantitative estimate of drug-likeness (QED) is 0.505. The molecular weight excluding hydrogens is 392 g/mol. The minimum absolute atomic E-state index is 0.00649. The van der Waals surface area contributed by atoms with E-state index >= 15 is 0 Å². The van der Waals surface area contributed by atoms with Crippen LogP contribution in [0.15, 0.2) is 41.2 Å². The van der Waals surface area contributed by atoms with E-state index in [-0.39, 0.29) is 29.9 Å². The minimum Gasteiger partial charge on any atom is -0.504 e. The molecule has 8 nitrogen and oxygen atoms in total. The molecule has 3 N–H and O–H groups in total. The van der Waals surface area contributed by atoms with E-state index in [0.717, 1.165) is 0 Å². The van der Waals surface area contributed by atoms with Gasteiger partial charge in [-0.3, -0.25) is 4.79 Å². The summed E-state index contributed by atoms with van der Waals surface area (Å²) in [7, 11) is 1.22. The topological polar surface area (TPSA) is 123 Å². The number of ketones is 1. The number of Topliss-reactive ketones (excluding diaryl/α,β-unsaturated/α-hetero) is 1. The van der Waals surface area contributed by atoms with E-state index in [2.05, 4.69) is 0 Å². The number of benzene rings is 1. The standard InChI is InChI=1S/C22H24O8/c1-5-6-13-8-12-9-16(24)22(3,20(26)14(12)10-29-13)30-21(27)17-11(2)7-15(23)18(25)19(17)28-4/h5-8,16,23-25H,9-10H2,1-4H3/b6-5+/t16-,22-/m1/s1. The molecule has 0 radical (unpaired) electrons. The molecule has 2 atom stereocenters. The molecule has 8 heteroatoms. The second-order valence-electron chi connectivity index (χ2n) is 7.35. The van der Waals surface area contributed by atoms with Crippen LogP contribution in [0.3, 0.4) is 0 Å². The first-order valence-electron chi connectivity index (χ1n) is 9.39. The van der Waals surface area contributed by atoms with Crippen molar-refractivity contribution >= 4 is 11.8 Å². The van der Waals surface area contributed by atoms with Crippen LogP contribution >= 0.6 is 0 Å². The second kappa shape index (κ2) is 7.87. The maximum atomic E-state index is 13.1. The van der Waals surface area contributed by atoms with Gasteiger partial charge < -0.3 is 29.5 Å². The summed E-state index contributed by atoms with van der Waals surface area (Å²) in [6.07, 6.45) is 4.05. The number of carbonyl (C=O) groups excluding carboxylic acids is 2. The number of allylic oxidation sites excluding steroid dienone is 3. The molecule has 0 aromatic heterocycles. The number of methoxy groups -OCH3 is 1. The third-order valence-electron chi connectivity index (χ3n) is 5.34. The molecular formula is C22H24O8. The number of phenolic OH excluding ortho intramolecular Hbond substituents is 2. The number of phenols is 2. The van der Waals surface area contributed by atoms with Crippen molar-refractivity contribution in [1.29, 1.82) is 0 Å². The van der Waals surface area contributed by atoms with Crippen molar-refractivity contribution in [3.8, 4) is 17.2 Å². The zero-order valence-corrected chi connectivity index (χ0v) is 17.2. The van der Waals surface area contributed by atoms with Crippen molar-refractivity contribution in [2.24, 2.45) is 0 Å². The average molecular weight is 416 g/mol. The van der Waals surface area contributed by atoms with E-state index in [1.807, 2.05) is 6.92 Å². The molecule has 0 unspecified atom stereocenters. The summed E-state index contributed by atoms with van der Waals surface area (Å²) in [6.45, 7) is 4.70. The molecule has 30 heavy (non-hydrogen) atoms. The Balaban J connectivity index is 1.97. The van der Waals surface area contributed by atoms with Gasteiger partial charge in [0.2, 0.25) is 11.5 Å². The minimum atomic E-state index is -1.85. The normalized spacial score (nSPS) is 23.7. The second-order valence-corrected chi connectivity index (χ2v) is 7.35. The monoisotopic (exact) mass is 416 g/mol. The van der Waals surface area contributed by atoms with Gasteiger partial charge in [0.1, 0.15) is 24.0 Å². The zero-order valence-electron chi connectivity index (χ0n) is 17.2. The number of aliphatic hydroxyl groups is 1. The molecule has 1 aromatic carbocycles. The van der Waals surface area contributed by atoms with Gasteiger partial charge in [0.15, 0.2) is 17.1 Å². The van der Waals surface area contributed by atoms with Crippen molar-refractivity contribution in [2.75, 3.05) is 13.7 Å². The fourth-order valence-corrected chi connectivity index (χ4v) is 3.63. The summed E-state index contributed by atoms with van der Waals surface area (Å²) in [5.74, 6) is -2.31. The molecule has 2 aliphatic rings. The Hall–Kier alpha value is -3.26. The van der Waals surface area contributed by atoms with Crippen LogP contribution in [0.25, 0.3) is 0 Å². The van der Waals surface area contributed by atoms with Crippen molar-refractivity contribution in [3.63, 3.8) is 0 Å². The van der Waals surface area contributed by atoms with Crippen molar-refractivity contribution in [1.82, 2.24) is 0 Å². The SMILES string of the molecule is C/C=C/C1=CC2=C(CO1)C(=O)[C@](C)(OC(=O)c1c(C)cc(O)c(O)c1OC)[C@H](O)C2. The molecule has 1 aromatic rings. The van der Waals surface area contributed by atoms with E-state index in [9.17, 15) is 24.9 Å². The number of hydrogen-bond acceptors (Lipinski definition) is 8. The molecule has 0 bridgehead atoms. The number of ether oxygens (including phenoxy) is 3. The van der Waals surface area contributed by atoms with Gasteiger partial charge in [0, 0.05) is 12.0 Å². The van der Waals surface area contributed by atoms with Crippen LogP contribution in [0.2, 0.25) is 0 Å². The van der Waals surface area contributed by atoms with Crippen LogP contribution in [0, 0.1) is 6.92 Å². The van der Waals surface area contributed by atoms with Crippen LogP contribution < -0.4 is 4.74 Å². The number of aryl methyl sites for hydroxylation is 1. The number of aromatic hydroxyl groups is 2. The fraction of sp³-hybridized carbons (Fsp3) is 0.364. The highest BCUT2D eigenvalue weighted by Crippen LogP contribution is 2.42. The molecule has 1 heterocycles. The Labute approximate surface area is 173 Å². The van der Waals surface area contributed by atoms with Gasteiger partial charge in [-0.25, -0.2) is 4.79 Å². The van der Waals surface area contributed by atoms with Crippen LogP contribution in [0.4, 0.5) is 0 Å². The maximum Gasteiger partial charge on any atom is 0.343 e.